The van der Waals surface area contributed by atoms with Gasteiger partial charge in [-0.15, -0.1) is 0 Å². The van der Waals surface area contributed by atoms with E-state index in [0.717, 1.165) is 19.3 Å². The maximum Gasteiger partial charge on any atom is 0.358 e. The molecule has 0 radical (unpaired) electrons. The number of aryl methyl sites for hydroxylation is 2. The summed E-state index contributed by atoms with van der Waals surface area (Å²) in [6.07, 6.45) is 4.39. The van der Waals surface area contributed by atoms with E-state index < -0.39 is 10.1 Å². The standard InChI is InChI=1S/C22H26N2O4S/c1-4-5-6-10-13-27-21-14-18(3)22(15-17(21)2)29(25,26)28-24-20(16-23)19-11-8-7-9-12-19/h7-9,11-12,14-15H,4-6,10,13H2,1-3H3. The van der Waals surface area contributed by atoms with E-state index in [4.69, 9.17) is 9.02 Å². The Balaban J connectivity index is 2.17. The lowest BCUT2D eigenvalue weighted by molar-refractivity contribution is 0.302. The number of ether oxygens (including phenoxy) is 1. The van der Waals surface area contributed by atoms with E-state index in [-0.39, 0.29) is 10.6 Å². The minimum Gasteiger partial charge on any atom is -0.493 e. The summed E-state index contributed by atoms with van der Waals surface area (Å²) >= 11 is 0. The molecule has 2 rings (SSSR count). The normalized spacial score (nSPS) is 11.7. The SMILES string of the molecule is CCCCCCOc1cc(C)c(S(=O)(=O)ON=C(C#N)c2ccccc2)cc1C. The second-order valence-corrected chi connectivity index (χ2v) is 8.24. The summed E-state index contributed by atoms with van der Waals surface area (Å²) in [6.45, 7) is 6.20. The fourth-order valence-corrected chi connectivity index (χ4v) is 3.79. The summed E-state index contributed by atoms with van der Waals surface area (Å²) in [5.41, 5.74) is 1.55. The number of nitriles is 1. The van der Waals surface area contributed by atoms with Crippen molar-refractivity contribution >= 4 is 15.8 Å². The fourth-order valence-electron chi connectivity index (χ4n) is 2.76. The first kappa shape index (κ1) is 22.4. The first-order valence-electron chi connectivity index (χ1n) is 9.60. The van der Waals surface area contributed by atoms with Gasteiger partial charge in [0.25, 0.3) is 0 Å². The Bertz CT molecular complexity index is 993. The highest BCUT2D eigenvalue weighted by atomic mass is 32.2. The maximum absolute atomic E-state index is 12.6. The molecule has 0 saturated carbocycles. The molecule has 0 spiro atoms. The molecule has 154 valence electrons. The van der Waals surface area contributed by atoms with Crippen LogP contribution in [0.25, 0.3) is 0 Å². The molecule has 0 aliphatic rings. The van der Waals surface area contributed by atoms with Crippen LogP contribution in [-0.4, -0.2) is 20.7 Å². The molecule has 0 unspecified atom stereocenters. The van der Waals surface area contributed by atoms with Gasteiger partial charge >= 0.3 is 10.1 Å². The third-order valence-corrected chi connectivity index (χ3v) is 5.63. The molecule has 0 aliphatic heterocycles. The van der Waals surface area contributed by atoms with Gasteiger partial charge in [-0.25, -0.2) is 0 Å². The van der Waals surface area contributed by atoms with Gasteiger partial charge in [0.1, 0.15) is 16.7 Å². The molecule has 0 saturated heterocycles. The zero-order chi connectivity index (χ0) is 21.3. The molecule has 0 atom stereocenters. The van der Waals surface area contributed by atoms with Crippen molar-refractivity contribution in [1.29, 1.82) is 5.26 Å². The van der Waals surface area contributed by atoms with E-state index >= 15 is 0 Å². The van der Waals surface area contributed by atoms with Crippen molar-refractivity contribution in [3.63, 3.8) is 0 Å². The Morgan fingerprint density at radius 2 is 1.79 bits per heavy atom. The topological polar surface area (TPSA) is 88.8 Å². The zero-order valence-corrected chi connectivity index (χ0v) is 17.8. The van der Waals surface area contributed by atoms with Crippen LogP contribution in [0.3, 0.4) is 0 Å². The van der Waals surface area contributed by atoms with Gasteiger partial charge in [0.15, 0.2) is 5.71 Å². The molecule has 0 aliphatic carbocycles. The lowest BCUT2D eigenvalue weighted by Gasteiger charge is -2.13. The van der Waals surface area contributed by atoms with Gasteiger partial charge in [-0.1, -0.05) is 61.7 Å². The van der Waals surface area contributed by atoms with Crippen LogP contribution >= 0.6 is 0 Å². The number of unbranched alkanes of at least 4 members (excludes halogenated alkanes) is 3. The largest absolute Gasteiger partial charge is 0.493 e. The highest BCUT2D eigenvalue weighted by Gasteiger charge is 2.21. The molecule has 0 fully saturated rings. The monoisotopic (exact) mass is 414 g/mol. The van der Waals surface area contributed by atoms with Crippen molar-refractivity contribution in [2.24, 2.45) is 5.16 Å². The molecule has 6 nitrogen and oxygen atoms in total. The number of oxime groups is 1. The Hall–Kier alpha value is -2.85. The van der Waals surface area contributed by atoms with Crippen molar-refractivity contribution in [2.45, 2.75) is 51.3 Å². The first-order chi connectivity index (χ1) is 13.9. The van der Waals surface area contributed by atoms with Gasteiger partial charge in [-0.05, 0) is 43.5 Å². The summed E-state index contributed by atoms with van der Waals surface area (Å²) < 4.78 is 35.9. The molecule has 0 heterocycles. The second-order valence-electron chi connectivity index (χ2n) is 6.74. The molecular formula is C22H26N2O4S. The molecule has 0 bridgehead atoms. The van der Waals surface area contributed by atoms with E-state index in [1.807, 2.05) is 6.07 Å². The van der Waals surface area contributed by atoms with Gasteiger partial charge in [-0.3, -0.25) is 4.28 Å². The number of nitrogens with zero attached hydrogens (tertiary/aromatic N) is 2. The lowest BCUT2D eigenvalue weighted by Crippen LogP contribution is -2.09. The smallest absolute Gasteiger partial charge is 0.358 e. The van der Waals surface area contributed by atoms with Crippen molar-refractivity contribution in [3.8, 4) is 11.8 Å². The summed E-state index contributed by atoms with van der Waals surface area (Å²) in [4.78, 5) is 0.00225. The van der Waals surface area contributed by atoms with Crippen LogP contribution in [-0.2, 0) is 14.4 Å². The fraction of sp³-hybridized carbons (Fsp3) is 0.364. The highest BCUT2D eigenvalue weighted by molar-refractivity contribution is 7.86. The van der Waals surface area contributed by atoms with Crippen molar-refractivity contribution in [1.82, 2.24) is 0 Å². The number of benzene rings is 2. The van der Waals surface area contributed by atoms with Crippen molar-refractivity contribution in [2.75, 3.05) is 6.61 Å². The van der Waals surface area contributed by atoms with Crippen LogP contribution < -0.4 is 4.74 Å². The number of rotatable bonds is 10. The van der Waals surface area contributed by atoms with Crippen LogP contribution in [0.2, 0.25) is 0 Å². The molecule has 29 heavy (non-hydrogen) atoms. The lowest BCUT2D eigenvalue weighted by atomic mass is 10.1. The first-order valence-corrected chi connectivity index (χ1v) is 11.0. The van der Waals surface area contributed by atoms with E-state index in [1.165, 1.54) is 12.5 Å². The third-order valence-electron chi connectivity index (χ3n) is 4.38. The van der Waals surface area contributed by atoms with Crippen LogP contribution in [0.1, 0.15) is 49.3 Å². The predicted octanol–water partition coefficient (Wildman–Crippen LogP) is 4.90. The Kier molecular flexibility index (Phi) is 8.22. The van der Waals surface area contributed by atoms with Crippen LogP contribution in [0.15, 0.2) is 52.5 Å². The zero-order valence-electron chi connectivity index (χ0n) is 17.0. The van der Waals surface area contributed by atoms with Gasteiger partial charge in [0.2, 0.25) is 0 Å². The number of hydrogen-bond acceptors (Lipinski definition) is 6. The quantitative estimate of drug-likeness (QED) is 0.313. The Morgan fingerprint density at radius 3 is 2.45 bits per heavy atom. The van der Waals surface area contributed by atoms with Crippen LogP contribution in [0.5, 0.6) is 5.75 Å². The Labute approximate surface area is 172 Å². The predicted molar refractivity (Wildman–Crippen MR) is 112 cm³/mol. The highest BCUT2D eigenvalue weighted by Crippen LogP contribution is 2.27. The summed E-state index contributed by atoms with van der Waals surface area (Å²) in [6, 6.07) is 13.6. The summed E-state index contributed by atoms with van der Waals surface area (Å²) in [5.74, 6) is 0.656. The summed E-state index contributed by atoms with van der Waals surface area (Å²) in [5, 5.41) is 12.8. The van der Waals surface area contributed by atoms with Gasteiger partial charge in [0.05, 0.1) is 6.61 Å². The van der Waals surface area contributed by atoms with Gasteiger partial charge in [0, 0.05) is 5.56 Å². The second kappa shape index (κ2) is 10.6. The summed E-state index contributed by atoms with van der Waals surface area (Å²) in [7, 11) is -4.17. The van der Waals surface area contributed by atoms with Crippen LogP contribution in [0.4, 0.5) is 0 Å². The molecule has 0 amide bonds. The minimum absolute atomic E-state index is 0.00225. The van der Waals surface area contributed by atoms with Gasteiger partial charge in [-0.2, -0.15) is 13.7 Å². The number of hydrogen-bond donors (Lipinski definition) is 0. The maximum atomic E-state index is 12.6. The third kappa shape index (κ3) is 6.33. The molecule has 2 aromatic carbocycles. The molecule has 7 heteroatoms. The minimum atomic E-state index is -4.17. The Morgan fingerprint density at radius 1 is 1.07 bits per heavy atom. The van der Waals surface area contributed by atoms with E-state index in [9.17, 15) is 13.7 Å². The average molecular weight is 415 g/mol. The van der Waals surface area contributed by atoms with E-state index in [0.29, 0.717) is 29.0 Å². The van der Waals surface area contributed by atoms with Gasteiger partial charge < -0.3 is 4.74 Å². The van der Waals surface area contributed by atoms with Crippen molar-refractivity contribution < 1.29 is 17.4 Å². The van der Waals surface area contributed by atoms with E-state index in [1.54, 1.807) is 50.2 Å². The van der Waals surface area contributed by atoms with E-state index in [2.05, 4.69) is 12.1 Å². The molecule has 2 aromatic rings. The van der Waals surface area contributed by atoms with Crippen molar-refractivity contribution in [3.05, 3.63) is 59.2 Å². The average Bonchev–Trinajstić information content (AvgIpc) is 2.71. The molecule has 0 N–H and O–H groups in total. The molecule has 0 aromatic heterocycles. The molecular weight excluding hydrogens is 388 g/mol. The van der Waals surface area contributed by atoms with Crippen LogP contribution in [0, 0.1) is 25.2 Å².